The van der Waals surface area contributed by atoms with Crippen molar-refractivity contribution in [2.45, 2.75) is 6.42 Å². The molecule has 6 heteroatoms. The van der Waals surface area contributed by atoms with E-state index in [2.05, 4.69) is 20.6 Å². The topological polar surface area (TPSA) is 63.4 Å². The highest BCUT2D eigenvalue weighted by molar-refractivity contribution is 7.13. The van der Waals surface area contributed by atoms with Crippen LogP contribution in [-0.4, -0.2) is 55.8 Å². The zero-order valence-electron chi connectivity index (χ0n) is 10.0. The molecule has 17 heavy (non-hydrogen) atoms. The van der Waals surface area contributed by atoms with Gasteiger partial charge in [0.15, 0.2) is 5.13 Å². The third-order valence-corrected chi connectivity index (χ3v) is 3.61. The smallest absolute Gasteiger partial charge is 0.182 e. The third-order valence-electron chi connectivity index (χ3n) is 2.76. The highest BCUT2D eigenvalue weighted by Gasteiger charge is 2.09. The second-order valence-electron chi connectivity index (χ2n) is 4.06. The lowest BCUT2D eigenvalue weighted by Gasteiger charge is -2.26. The molecule has 96 valence electrons. The van der Waals surface area contributed by atoms with Crippen LogP contribution in [0.4, 0.5) is 5.13 Å². The predicted octanol–water partition coefficient (Wildman–Crippen LogP) is 0.388. The summed E-state index contributed by atoms with van der Waals surface area (Å²) in [5, 5.41) is 6.43. The predicted molar refractivity (Wildman–Crippen MR) is 70.6 cm³/mol. The molecule has 1 aliphatic rings. The number of ether oxygens (including phenoxy) is 1. The Balaban J connectivity index is 1.66. The summed E-state index contributed by atoms with van der Waals surface area (Å²) in [7, 11) is 0. The summed E-state index contributed by atoms with van der Waals surface area (Å²) in [6.07, 6.45) is 0.863. The maximum absolute atomic E-state index is 5.49. The van der Waals surface area contributed by atoms with Gasteiger partial charge in [-0.2, -0.15) is 0 Å². The Morgan fingerprint density at radius 1 is 1.47 bits per heavy atom. The number of aromatic nitrogens is 1. The number of rotatable bonds is 6. The maximum Gasteiger partial charge on any atom is 0.182 e. The van der Waals surface area contributed by atoms with Crippen LogP contribution in [0.25, 0.3) is 0 Å². The largest absolute Gasteiger partial charge is 0.379 e. The molecule has 2 heterocycles. The Hall–Kier alpha value is -0.690. The van der Waals surface area contributed by atoms with Crippen LogP contribution in [0.2, 0.25) is 0 Å². The molecule has 0 unspecified atom stereocenters. The first-order valence-electron chi connectivity index (χ1n) is 6.07. The molecule has 0 saturated carbocycles. The Morgan fingerprint density at radius 2 is 2.29 bits per heavy atom. The molecular weight excluding hydrogens is 236 g/mol. The van der Waals surface area contributed by atoms with Crippen molar-refractivity contribution in [3.8, 4) is 0 Å². The van der Waals surface area contributed by atoms with Crippen molar-refractivity contribution in [1.82, 2.24) is 9.88 Å². The van der Waals surface area contributed by atoms with Gasteiger partial charge in [0.1, 0.15) is 0 Å². The van der Waals surface area contributed by atoms with Crippen molar-refractivity contribution in [1.29, 1.82) is 0 Å². The Morgan fingerprint density at radius 3 is 3.06 bits per heavy atom. The summed E-state index contributed by atoms with van der Waals surface area (Å²) >= 11 is 1.66. The molecule has 3 N–H and O–H groups in total. The number of morpholine rings is 1. The molecule has 0 aromatic carbocycles. The molecule has 1 saturated heterocycles. The summed E-state index contributed by atoms with van der Waals surface area (Å²) in [5.74, 6) is 0. The van der Waals surface area contributed by atoms with Gasteiger partial charge < -0.3 is 15.8 Å². The SMILES string of the molecule is NCCc1csc(NCCN2CCOCC2)n1. The fraction of sp³-hybridized carbons (Fsp3) is 0.727. The molecule has 1 fully saturated rings. The van der Waals surface area contributed by atoms with Gasteiger partial charge in [-0.05, 0) is 6.54 Å². The van der Waals surface area contributed by atoms with E-state index in [1.807, 2.05) is 0 Å². The van der Waals surface area contributed by atoms with Gasteiger partial charge in [0.05, 0.1) is 18.9 Å². The van der Waals surface area contributed by atoms with Gasteiger partial charge in [-0.3, -0.25) is 4.90 Å². The molecule has 1 aliphatic heterocycles. The second kappa shape index (κ2) is 6.90. The Labute approximate surface area is 106 Å². The van der Waals surface area contributed by atoms with Gasteiger partial charge in [-0.15, -0.1) is 11.3 Å². The van der Waals surface area contributed by atoms with E-state index < -0.39 is 0 Å². The van der Waals surface area contributed by atoms with Gasteiger partial charge in [0.25, 0.3) is 0 Å². The van der Waals surface area contributed by atoms with E-state index in [4.69, 9.17) is 10.5 Å². The number of anilines is 1. The van der Waals surface area contributed by atoms with Crippen LogP contribution < -0.4 is 11.1 Å². The van der Waals surface area contributed by atoms with Crippen LogP contribution in [0.3, 0.4) is 0 Å². The molecule has 0 bridgehead atoms. The molecule has 0 radical (unpaired) electrons. The average Bonchev–Trinajstić information content (AvgIpc) is 2.79. The average molecular weight is 256 g/mol. The lowest BCUT2D eigenvalue weighted by molar-refractivity contribution is 0.0398. The van der Waals surface area contributed by atoms with Gasteiger partial charge in [-0.1, -0.05) is 0 Å². The molecular formula is C11H20N4OS. The number of nitrogens with zero attached hydrogens (tertiary/aromatic N) is 2. The van der Waals surface area contributed by atoms with E-state index in [0.717, 1.165) is 56.6 Å². The minimum atomic E-state index is 0.664. The van der Waals surface area contributed by atoms with E-state index in [9.17, 15) is 0 Å². The quantitative estimate of drug-likeness (QED) is 0.771. The van der Waals surface area contributed by atoms with Crippen molar-refractivity contribution in [3.63, 3.8) is 0 Å². The van der Waals surface area contributed by atoms with Gasteiger partial charge in [0.2, 0.25) is 0 Å². The minimum Gasteiger partial charge on any atom is -0.379 e. The lowest BCUT2D eigenvalue weighted by atomic mass is 10.3. The fourth-order valence-electron chi connectivity index (χ4n) is 1.80. The third kappa shape index (κ3) is 4.23. The van der Waals surface area contributed by atoms with Crippen molar-refractivity contribution >= 4 is 16.5 Å². The van der Waals surface area contributed by atoms with Crippen LogP contribution in [0.1, 0.15) is 5.69 Å². The van der Waals surface area contributed by atoms with Crippen molar-refractivity contribution in [2.75, 3.05) is 51.3 Å². The summed E-state index contributed by atoms with van der Waals surface area (Å²) in [5.41, 5.74) is 6.58. The van der Waals surface area contributed by atoms with Crippen LogP contribution in [0.15, 0.2) is 5.38 Å². The summed E-state index contributed by atoms with van der Waals surface area (Å²) in [4.78, 5) is 6.87. The van der Waals surface area contributed by atoms with E-state index in [-0.39, 0.29) is 0 Å². The fourth-order valence-corrected chi connectivity index (χ4v) is 2.57. The normalized spacial score (nSPS) is 17.2. The molecule has 0 amide bonds. The highest BCUT2D eigenvalue weighted by atomic mass is 32.1. The molecule has 5 nitrogen and oxygen atoms in total. The standard InChI is InChI=1S/C11H20N4OS/c12-2-1-10-9-17-11(14-10)13-3-4-15-5-7-16-8-6-15/h9H,1-8,12H2,(H,13,14). The molecule has 2 rings (SSSR count). The number of hydrogen-bond donors (Lipinski definition) is 2. The van der Waals surface area contributed by atoms with Crippen LogP contribution in [0, 0.1) is 0 Å². The zero-order valence-corrected chi connectivity index (χ0v) is 10.8. The zero-order chi connectivity index (χ0) is 11.9. The maximum atomic E-state index is 5.49. The molecule has 0 aliphatic carbocycles. The van der Waals surface area contributed by atoms with Crippen LogP contribution in [-0.2, 0) is 11.2 Å². The number of thiazole rings is 1. The first-order valence-corrected chi connectivity index (χ1v) is 6.95. The number of nitrogens with one attached hydrogen (secondary N) is 1. The molecule has 0 spiro atoms. The van der Waals surface area contributed by atoms with Crippen molar-refractivity contribution in [3.05, 3.63) is 11.1 Å². The second-order valence-corrected chi connectivity index (χ2v) is 4.92. The van der Waals surface area contributed by atoms with Gasteiger partial charge in [0, 0.05) is 38.0 Å². The number of nitrogens with two attached hydrogens (primary N) is 1. The number of hydrogen-bond acceptors (Lipinski definition) is 6. The summed E-state index contributed by atoms with van der Waals surface area (Å²) < 4.78 is 5.31. The first kappa shape index (κ1) is 12.8. The molecule has 0 atom stereocenters. The highest BCUT2D eigenvalue weighted by Crippen LogP contribution is 2.15. The summed E-state index contributed by atoms with van der Waals surface area (Å²) in [6.45, 7) is 6.45. The van der Waals surface area contributed by atoms with Gasteiger partial charge >= 0.3 is 0 Å². The molecule has 1 aromatic rings. The Bertz CT molecular complexity index is 325. The van der Waals surface area contributed by atoms with E-state index in [1.54, 1.807) is 11.3 Å². The monoisotopic (exact) mass is 256 g/mol. The van der Waals surface area contributed by atoms with Crippen molar-refractivity contribution in [2.24, 2.45) is 5.73 Å². The van der Waals surface area contributed by atoms with Crippen molar-refractivity contribution < 1.29 is 4.74 Å². The minimum absolute atomic E-state index is 0.664. The van der Waals surface area contributed by atoms with Gasteiger partial charge in [-0.25, -0.2) is 4.98 Å². The van der Waals surface area contributed by atoms with E-state index in [1.165, 1.54) is 0 Å². The van der Waals surface area contributed by atoms with E-state index in [0.29, 0.717) is 6.54 Å². The summed E-state index contributed by atoms with van der Waals surface area (Å²) in [6, 6.07) is 0. The molecule has 1 aromatic heterocycles. The first-order chi connectivity index (χ1) is 8.38. The lowest BCUT2D eigenvalue weighted by Crippen LogP contribution is -2.38. The van der Waals surface area contributed by atoms with E-state index >= 15 is 0 Å². The Kier molecular flexibility index (Phi) is 5.18. The van der Waals surface area contributed by atoms with Crippen LogP contribution in [0.5, 0.6) is 0 Å². The van der Waals surface area contributed by atoms with Crippen LogP contribution >= 0.6 is 11.3 Å².